The molecule has 2 heterocycles. The van der Waals surface area contributed by atoms with Gasteiger partial charge in [0.05, 0.1) is 18.0 Å². The third-order valence-electron chi connectivity index (χ3n) is 5.59. The molecule has 1 atom stereocenters. The first-order valence-electron chi connectivity index (χ1n) is 9.99. The van der Waals surface area contributed by atoms with Crippen LogP contribution in [0.1, 0.15) is 30.9 Å². The Morgan fingerprint density at radius 1 is 1.19 bits per heavy atom. The zero-order chi connectivity index (χ0) is 23.0. The molecule has 1 N–H and O–H groups in total. The van der Waals surface area contributed by atoms with Gasteiger partial charge >= 0.3 is 6.18 Å². The van der Waals surface area contributed by atoms with Crippen molar-refractivity contribution in [3.05, 3.63) is 47.4 Å². The normalized spacial score (nSPS) is 18.7. The van der Waals surface area contributed by atoms with Crippen molar-refractivity contribution in [3.63, 3.8) is 0 Å². The van der Waals surface area contributed by atoms with E-state index in [0.29, 0.717) is 25.2 Å². The number of rotatable bonds is 6. The molecule has 10 heteroatoms. The van der Waals surface area contributed by atoms with E-state index >= 15 is 0 Å². The predicted octanol–water partition coefficient (Wildman–Crippen LogP) is 3.54. The number of aliphatic hydroxyl groups excluding tert-OH is 1. The molecule has 3 rings (SSSR count). The second-order valence-corrected chi connectivity index (χ2v) is 10.2. The zero-order valence-corrected chi connectivity index (χ0v) is 18.5. The van der Waals surface area contributed by atoms with Gasteiger partial charge in [0.25, 0.3) is 0 Å². The Morgan fingerprint density at radius 3 is 2.45 bits per heavy atom. The molecule has 0 unspecified atom stereocenters. The first-order chi connectivity index (χ1) is 14.4. The SMILES string of the molecule is CC(C)[C@H]1CN(c2ccc(CO)c(S(C)(=O)=O)c2)CCN1Cc1ccc(C(F)(F)F)o1. The minimum atomic E-state index is -4.51. The molecule has 1 aromatic heterocycles. The van der Waals surface area contributed by atoms with Crippen LogP contribution in [0.2, 0.25) is 0 Å². The summed E-state index contributed by atoms with van der Waals surface area (Å²) in [6.07, 6.45) is -3.40. The van der Waals surface area contributed by atoms with Gasteiger partial charge in [-0.3, -0.25) is 4.90 Å². The van der Waals surface area contributed by atoms with Gasteiger partial charge in [-0.25, -0.2) is 8.42 Å². The van der Waals surface area contributed by atoms with Gasteiger partial charge in [-0.15, -0.1) is 0 Å². The van der Waals surface area contributed by atoms with Crippen molar-refractivity contribution in [2.45, 2.75) is 44.1 Å². The van der Waals surface area contributed by atoms with Crippen LogP contribution in [0.3, 0.4) is 0 Å². The molecule has 0 bridgehead atoms. The number of alkyl halides is 3. The smallest absolute Gasteiger partial charge is 0.449 e. The van der Waals surface area contributed by atoms with Crippen molar-refractivity contribution in [2.75, 3.05) is 30.8 Å². The van der Waals surface area contributed by atoms with E-state index in [1.54, 1.807) is 18.2 Å². The largest absolute Gasteiger partial charge is 0.455 e. The van der Waals surface area contributed by atoms with Gasteiger partial charge in [0, 0.05) is 37.6 Å². The number of benzene rings is 1. The van der Waals surface area contributed by atoms with Crippen molar-refractivity contribution in [1.82, 2.24) is 4.90 Å². The second kappa shape index (κ2) is 8.84. The molecule has 1 saturated heterocycles. The number of piperazine rings is 1. The average Bonchev–Trinajstić information content (AvgIpc) is 3.16. The Hall–Kier alpha value is -2.04. The topological polar surface area (TPSA) is 74.0 Å². The van der Waals surface area contributed by atoms with Crippen LogP contribution in [0.15, 0.2) is 39.6 Å². The van der Waals surface area contributed by atoms with Crippen molar-refractivity contribution >= 4 is 15.5 Å². The lowest BCUT2D eigenvalue weighted by Gasteiger charge is -2.44. The molecule has 2 aromatic rings. The average molecular weight is 461 g/mol. The Morgan fingerprint density at radius 2 is 1.90 bits per heavy atom. The number of halogens is 3. The number of furan rings is 1. The lowest BCUT2D eigenvalue weighted by molar-refractivity contribution is -0.153. The fraction of sp³-hybridized carbons (Fsp3) is 0.524. The summed E-state index contributed by atoms with van der Waals surface area (Å²) in [5.74, 6) is -0.525. The Bertz CT molecular complexity index is 1020. The summed E-state index contributed by atoms with van der Waals surface area (Å²) in [7, 11) is -3.50. The molecule has 0 saturated carbocycles. The summed E-state index contributed by atoms with van der Waals surface area (Å²) in [4.78, 5) is 4.27. The van der Waals surface area contributed by atoms with Crippen molar-refractivity contribution in [2.24, 2.45) is 5.92 Å². The number of hydrogen-bond acceptors (Lipinski definition) is 6. The van der Waals surface area contributed by atoms with Gasteiger partial charge in [-0.2, -0.15) is 13.2 Å². The minimum absolute atomic E-state index is 0.0346. The fourth-order valence-corrected chi connectivity index (χ4v) is 4.89. The third-order valence-corrected chi connectivity index (χ3v) is 6.77. The summed E-state index contributed by atoms with van der Waals surface area (Å²) in [6.45, 7) is 5.74. The molecule has 1 fully saturated rings. The lowest BCUT2D eigenvalue weighted by atomic mass is 9.98. The number of anilines is 1. The molecule has 0 amide bonds. The maximum atomic E-state index is 12.8. The van der Waals surface area contributed by atoms with Crippen molar-refractivity contribution in [1.29, 1.82) is 0 Å². The summed E-state index contributed by atoms with van der Waals surface area (Å²) in [5, 5.41) is 9.46. The number of sulfone groups is 1. The number of aliphatic hydroxyl groups is 1. The molecule has 6 nitrogen and oxygen atoms in total. The van der Waals surface area contributed by atoms with Gasteiger partial charge in [-0.05, 0) is 35.7 Å². The maximum Gasteiger partial charge on any atom is 0.449 e. The second-order valence-electron chi connectivity index (χ2n) is 8.21. The Labute approximate surface area is 180 Å². The van der Waals surface area contributed by atoms with E-state index in [2.05, 4.69) is 9.80 Å². The Balaban J connectivity index is 1.80. The summed E-state index contributed by atoms with van der Waals surface area (Å²) in [6, 6.07) is 7.33. The summed E-state index contributed by atoms with van der Waals surface area (Å²) >= 11 is 0. The number of nitrogens with zero attached hydrogens (tertiary/aromatic N) is 2. The van der Waals surface area contributed by atoms with E-state index in [1.807, 2.05) is 13.8 Å². The van der Waals surface area contributed by atoms with Crippen LogP contribution in [-0.4, -0.2) is 50.4 Å². The summed E-state index contributed by atoms with van der Waals surface area (Å²) < 4.78 is 67.7. The highest BCUT2D eigenvalue weighted by molar-refractivity contribution is 7.90. The first kappa shape index (κ1) is 23.6. The highest BCUT2D eigenvalue weighted by Gasteiger charge is 2.36. The lowest BCUT2D eigenvalue weighted by Crippen LogP contribution is -2.54. The van der Waals surface area contributed by atoms with Crippen LogP contribution in [0.4, 0.5) is 18.9 Å². The number of hydrogen-bond donors (Lipinski definition) is 1. The predicted molar refractivity (Wildman–Crippen MR) is 110 cm³/mol. The van der Waals surface area contributed by atoms with Gasteiger partial charge < -0.3 is 14.4 Å². The van der Waals surface area contributed by atoms with Crippen LogP contribution in [0, 0.1) is 5.92 Å². The first-order valence-corrected chi connectivity index (χ1v) is 11.9. The molecular formula is C21H27F3N2O4S. The molecule has 0 radical (unpaired) electrons. The van der Waals surface area contributed by atoms with Crippen LogP contribution >= 0.6 is 0 Å². The van der Waals surface area contributed by atoms with E-state index in [1.165, 1.54) is 6.07 Å². The molecule has 172 valence electrons. The van der Waals surface area contributed by atoms with E-state index < -0.39 is 21.8 Å². The van der Waals surface area contributed by atoms with Crippen LogP contribution in [0.5, 0.6) is 0 Å². The summed E-state index contributed by atoms with van der Waals surface area (Å²) in [5.41, 5.74) is 1.09. The highest BCUT2D eigenvalue weighted by Crippen LogP contribution is 2.32. The molecule has 1 aliphatic heterocycles. The van der Waals surface area contributed by atoms with E-state index in [0.717, 1.165) is 18.0 Å². The molecular weight excluding hydrogens is 433 g/mol. The molecule has 1 aliphatic rings. The van der Waals surface area contributed by atoms with Crippen molar-refractivity contribution in [3.8, 4) is 0 Å². The van der Waals surface area contributed by atoms with Gasteiger partial charge in [-0.1, -0.05) is 19.9 Å². The van der Waals surface area contributed by atoms with Gasteiger partial charge in [0.2, 0.25) is 5.76 Å². The van der Waals surface area contributed by atoms with Crippen LogP contribution in [0.25, 0.3) is 0 Å². The van der Waals surface area contributed by atoms with Crippen LogP contribution in [-0.2, 0) is 29.2 Å². The molecule has 0 spiro atoms. The third kappa shape index (κ3) is 5.42. The van der Waals surface area contributed by atoms with E-state index in [9.17, 15) is 26.7 Å². The van der Waals surface area contributed by atoms with E-state index in [4.69, 9.17) is 4.42 Å². The Kier molecular flexibility index (Phi) is 6.73. The van der Waals surface area contributed by atoms with Crippen LogP contribution < -0.4 is 4.90 Å². The zero-order valence-electron chi connectivity index (χ0n) is 17.7. The van der Waals surface area contributed by atoms with Crippen molar-refractivity contribution < 1.29 is 31.1 Å². The monoisotopic (exact) mass is 460 g/mol. The molecule has 31 heavy (non-hydrogen) atoms. The molecule has 1 aromatic carbocycles. The molecule has 0 aliphatic carbocycles. The minimum Gasteiger partial charge on any atom is -0.455 e. The van der Waals surface area contributed by atoms with E-state index in [-0.39, 0.29) is 35.8 Å². The van der Waals surface area contributed by atoms with Gasteiger partial charge in [0.15, 0.2) is 9.84 Å². The maximum absolute atomic E-state index is 12.8. The van der Waals surface area contributed by atoms with Gasteiger partial charge in [0.1, 0.15) is 5.76 Å². The quantitative estimate of drug-likeness (QED) is 0.711. The standard InChI is InChI=1S/C21H27F3N2O4S/c1-14(2)18-12-25(16-5-4-15(13-27)19(10-16)31(3,28)29)8-9-26(18)11-17-6-7-20(30-17)21(22,23)24/h4-7,10,14,18,27H,8-9,11-13H2,1-3H3/t18-/m1/s1. The highest BCUT2D eigenvalue weighted by atomic mass is 32.2. The fourth-order valence-electron chi connectivity index (χ4n) is 3.94.